The Bertz CT molecular complexity index is 547. The van der Waals surface area contributed by atoms with Gasteiger partial charge in [-0.05, 0) is 17.2 Å². The van der Waals surface area contributed by atoms with Crippen molar-refractivity contribution in [1.29, 1.82) is 0 Å². The molecule has 0 bridgehead atoms. The second-order valence-electron chi connectivity index (χ2n) is 3.78. The van der Waals surface area contributed by atoms with Crippen molar-refractivity contribution in [2.75, 3.05) is 0 Å². The van der Waals surface area contributed by atoms with E-state index in [-0.39, 0.29) is 0 Å². The molecule has 90 valence electrons. The van der Waals surface area contributed by atoms with Crippen molar-refractivity contribution in [3.8, 4) is 0 Å². The van der Waals surface area contributed by atoms with Crippen molar-refractivity contribution >= 4 is 17.6 Å². The molecule has 0 aliphatic rings. The molecule has 2 rings (SSSR count). The van der Waals surface area contributed by atoms with Gasteiger partial charge < -0.3 is 0 Å². The summed E-state index contributed by atoms with van der Waals surface area (Å²) >= 11 is 0. The number of carbonyl (C=O) groups excluding carboxylic acids is 1. The fraction of sp³-hybridized carbons (Fsp3) is 0. The fourth-order valence-electron chi connectivity index (χ4n) is 1.67. The number of hydrogen-bond donors (Lipinski definition) is 2. The fourth-order valence-corrected chi connectivity index (χ4v) is 1.67. The zero-order valence-corrected chi connectivity index (χ0v) is 9.71. The quantitative estimate of drug-likeness (QED) is 0.374. The highest BCUT2D eigenvalue weighted by atomic mass is 16.5. The number of hydrogen-bond acceptors (Lipinski definition) is 2. The number of rotatable bonds is 3. The van der Waals surface area contributed by atoms with Gasteiger partial charge in [-0.3, -0.25) is 10.0 Å². The molecule has 2 aromatic rings. The molecular formula is C15H13NO2. The third-order valence-electron chi connectivity index (χ3n) is 2.54. The topological polar surface area (TPSA) is 49.3 Å². The van der Waals surface area contributed by atoms with Gasteiger partial charge in [-0.15, -0.1) is 0 Å². The van der Waals surface area contributed by atoms with Gasteiger partial charge in [0.1, 0.15) is 0 Å². The van der Waals surface area contributed by atoms with E-state index >= 15 is 0 Å². The Morgan fingerprint density at radius 3 is 2.06 bits per heavy atom. The van der Waals surface area contributed by atoms with Crippen LogP contribution in [0, 0.1) is 0 Å². The summed E-state index contributed by atoms with van der Waals surface area (Å²) < 4.78 is 0. The van der Waals surface area contributed by atoms with Crippen molar-refractivity contribution < 1.29 is 10.0 Å². The van der Waals surface area contributed by atoms with Gasteiger partial charge in [0.2, 0.25) is 0 Å². The van der Waals surface area contributed by atoms with Crippen LogP contribution in [-0.4, -0.2) is 11.1 Å². The summed E-state index contributed by atoms with van der Waals surface area (Å²) in [5.41, 5.74) is 3.76. The van der Waals surface area contributed by atoms with Crippen LogP contribution in [-0.2, 0) is 4.79 Å². The Kier molecular flexibility index (Phi) is 3.89. The summed E-state index contributed by atoms with van der Waals surface area (Å²) in [5, 5.41) is 8.80. The second-order valence-corrected chi connectivity index (χ2v) is 3.78. The van der Waals surface area contributed by atoms with Gasteiger partial charge in [0, 0.05) is 5.57 Å². The SMILES string of the molecule is O=C(NO)/C(=C/c1ccccc1)c1ccccc1. The minimum absolute atomic E-state index is 0.421. The van der Waals surface area contributed by atoms with Gasteiger partial charge in [-0.25, -0.2) is 5.48 Å². The van der Waals surface area contributed by atoms with Crippen molar-refractivity contribution in [2.24, 2.45) is 0 Å². The van der Waals surface area contributed by atoms with Gasteiger partial charge in [-0.1, -0.05) is 60.7 Å². The molecule has 0 saturated carbocycles. The normalized spacial score (nSPS) is 11.1. The van der Waals surface area contributed by atoms with E-state index in [9.17, 15) is 4.79 Å². The Morgan fingerprint density at radius 2 is 1.50 bits per heavy atom. The van der Waals surface area contributed by atoms with E-state index in [2.05, 4.69) is 0 Å². The lowest BCUT2D eigenvalue weighted by Crippen LogP contribution is -2.19. The molecular weight excluding hydrogens is 226 g/mol. The predicted molar refractivity (Wildman–Crippen MR) is 70.7 cm³/mol. The lowest BCUT2D eigenvalue weighted by molar-refractivity contribution is -0.123. The molecule has 0 aliphatic carbocycles. The lowest BCUT2D eigenvalue weighted by Gasteiger charge is -2.05. The first-order chi connectivity index (χ1) is 8.81. The average Bonchev–Trinajstić information content (AvgIpc) is 2.46. The van der Waals surface area contributed by atoms with Crippen LogP contribution in [0.1, 0.15) is 11.1 Å². The maximum atomic E-state index is 11.7. The monoisotopic (exact) mass is 239 g/mol. The molecule has 0 spiro atoms. The maximum Gasteiger partial charge on any atom is 0.275 e. The Hall–Kier alpha value is -2.39. The zero-order valence-electron chi connectivity index (χ0n) is 9.71. The molecule has 2 aromatic carbocycles. The zero-order chi connectivity index (χ0) is 12.8. The van der Waals surface area contributed by atoms with E-state index in [1.165, 1.54) is 0 Å². The number of hydroxylamine groups is 1. The molecule has 0 saturated heterocycles. The van der Waals surface area contributed by atoms with Gasteiger partial charge >= 0.3 is 0 Å². The molecule has 0 unspecified atom stereocenters. The predicted octanol–water partition coefficient (Wildman–Crippen LogP) is 2.73. The lowest BCUT2D eigenvalue weighted by atomic mass is 10.0. The summed E-state index contributed by atoms with van der Waals surface area (Å²) in [6.45, 7) is 0. The summed E-state index contributed by atoms with van der Waals surface area (Å²) in [4.78, 5) is 11.7. The highest BCUT2D eigenvalue weighted by Gasteiger charge is 2.10. The van der Waals surface area contributed by atoms with Crippen LogP contribution in [0.3, 0.4) is 0 Å². The van der Waals surface area contributed by atoms with E-state index in [1.807, 2.05) is 60.7 Å². The van der Waals surface area contributed by atoms with Crippen LogP contribution in [0.15, 0.2) is 60.7 Å². The van der Waals surface area contributed by atoms with Crippen molar-refractivity contribution in [2.45, 2.75) is 0 Å². The molecule has 1 amide bonds. The first-order valence-corrected chi connectivity index (χ1v) is 5.58. The Morgan fingerprint density at radius 1 is 0.944 bits per heavy atom. The molecule has 0 heterocycles. The average molecular weight is 239 g/mol. The van der Waals surface area contributed by atoms with Crippen LogP contribution in [0.4, 0.5) is 0 Å². The van der Waals surface area contributed by atoms with E-state index in [0.717, 1.165) is 11.1 Å². The van der Waals surface area contributed by atoms with Crippen LogP contribution in [0.5, 0.6) is 0 Å². The standard InChI is InChI=1S/C15H13NO2/c17-15(16-18)14(13-9-5-2-6-10-13)11-12-7-3-1-4-8-12/h1-11,18H,(H,16,17)/b14-11+. The molecule has 3 nitrogen and oxygen atoms in total. The van der Waals surface area contributed by atoms with E-state index < -0.39 is 5.91 Å². The largest absolute Gasteiger partial charge is 0.288 e. The molecule has 3 heteroatoms. The first-order valence-electron chi connectivity index (χ1n) is 5.58. The van der Waals surface area contributed by atoms with Crippen LogP contribution >= 0.6 is 0 Å². The summed E-state index contributed by atoms with van der Waals surface area (Å²) in [5.74, 6) is -0.523. The molecule has 0 aliphatic heterocycles. The van der Waals surface area contributed by atoms with Crippen LogP contribution in [0.25, 0.3) is 11.6 Å². The van der Waals surface area contributed by atoms with E-state index in [4.69, 9.17) is 5.21 Å². The van der Waals surface area contributed by atoms with Crippen molar-refractivity contribution in [3.63, 3.8) is 0 Å². The maximum absolute atomic E-state index is 11.7. The molecule has 2 N–H and O–H groups in total. The smallest absolute Gasteiger partial charge is 0.275 e. The first kappa shape index (κ1) is 12.1. The van der Waals surface area contributed by atoms with Crippen LogP contribution in [0.2, 0.25) is 0 Å². The molecule has 0 aromatic heterocycles. The number of carbonyl (C=O) groups is 1. The molecule has 0 radical (unpaired) electrons. The number of benzene rings is 2. The van der Waals surface area contributed by atoms with Gasteiger partial charge in [0.25, 0.3) is 5.91 Å². The third-order valence-corrected chi connectivity index (χ3v) is 2.54. The third kappa shape index (κ3) is 2.84. The summed E-state index contributed by atoms with van der Waals surface area (Å²) in [6, 6.07) is 18.7. The molecule has 0 fully saturated rings. The minimum atomic E-state index is -0.523. The molecule has 0 atom stereocenters. The minimum Gasteiger partial charge on any atom is -0.288 e. The second kappa shape index (κ2) is 5.80. The number of amides is 1. The van der Waals surface area contributed by atoms with E-state index in [1.54, 1.807) is 11.6 Å². The summed E-state index contributed by atoms with van der Waals surface area (Å²) in [7, 11) is 0. The highest BCUT2D eigenvalue weighted by Crippen LogP contribution is 2.18. The number of nitrogens with one attached hydrogen (secondary N) is 1. The summed E-state index contributed by atoms with van der Waals surface area (Å²) in [6.07, 6.45) is 1.74. The van der Waals surface area contributed by atoms with Gasteiger partial charge in [0.05, 0.1) is 0 Å². The van der Waals surface area contributed by atoms with Crippen LogP contribution < -0.4 is 5.48 Å². The van der Waals surface area contributed by atoms with Crippen molar-refractivity contribution in [1.82, 2.24) is 5.48 Å². The van der Waals surface area contributed by atoms with Crippen molar-refractivity contribution in [3.05, 3.63) is 71.8 Å². The Labute approximate surface area is 105 Å². The van der Waals surface area contributed by atoms with Gasteiger partial charge in [-0.2, -0.15) is 0 Å². The Balaban J connectivity index is 2.44. The van der Waals surface area contributed by atoms with Gasteiger partial charge in [0.15, 0.2) is 0 Å². The van der Waals surface area contributed by atoms with E-state index in [0.29, 0.717) is 5.57 Å². The molecule has 18 heavy (non-hydrogen) atoms. The highest BCUT2D eigenvalue weighted by molar-refractivity contribution is 6.23.